The van der Waals surface area contributed by atoms with Crippen molar-refractivity contribution in [3.05, 3.63) is 59.0 Å². The molecule has 0 bridgehead atoms. The summed E-state index contributed by atoms with van der Waals surface area (Å²) >= 11 is 0. The molecule has 0 unspecified atom stereocenters. The van der Waals surface area contributed by atoms with Crippen molar-refractivity contribution in [2.75, 3.05) is 19.4 Å². The third-order valence-corrected chi connectivity index (χ3v) is 6.38. The molecule has 3 rings (SSSR count). The van der Waals surface area contributed by atoms with E-state index < -0.39 is 15.9 Å². The molecule has 1 heterocycles. The maximum atomic E-state index is 12.8. The number of nitrogens with one attached hydrogen (secondary N) is 1. The van der Waals surface area contributed by atoms with E-state index in [1.807, 2.05) is 25.1 Å². The molecule has 1 aromatic heterocycles. The van der Waals surface area contributed by atoms with Gasteiger partial charge >= 0.3 is 5.69 Å². The van der Waals surface area contributed by atoms with Crippen molar-refractivity contribution in [1.29, 1.82) is 0 Å². The van der Waals surface area contributed by atoms with E-state index in [1.54, 1.807) is 22.8 Å². The summed E-state index contributed by atoms with van der Waals surface area (Å²) in [5, 5.41) is 2.68. The van der Waals surface area contributed by atoms with Crippen molar-refractivity contribution in [2.45, 2.75) is 31.3 Å². The van der Waals surface area contributed by atoms with E-state index in [9.17, 15) is 18.0 Å². The molecule has 154 valence electrons. The van der Waals surface area contributed by atoms with Gasteiger partial charge in [-0.25, -0.2) is 17.5 Å². The highest BCUT2D eigenvalue weighted by Crippen LogP contribution is 2.18. The van der Waals surface area contributed by atoms with E-state index in [0.29, 0.717) is 17.7 Å². The average molecular weight is 417 g/mol. The van der Waals surface area contributed by atoms with Crippen LogP contribution in [0.2, 0.25) is 0 Å². The lowest BCUT2D eigenvalue weighted by Crippen LogP contribution is -2.29. The number of imidazole rings is 1. The van der Waals surface area contributed by atoms with Crippen LogP contribution >= 0.6 is 0 Å². The molecule has 9 heteroatoms. The summed E-state index contributed by atoms with van der Waals surface area (Å²) in [5.74, 6) is -0.411. The van der Waals surface area contributed by atoms with Gasteiger partial charge in [0.15, 0.2) is 0 Å². The number of carbonyl (C=O) groups is 1. The monoisotopic (exact) mass is 416 g/mol. The molecule has 3 aromatic rings. The number of benzene rings is 2. The zero-order valence-corrected chi connectivity index (χ0v) is 17.4. The Morgan fingerprint density at radius 3 is 2.31 bits per heavy atom. The van der Waals surface area contributed by atoms with Crippen LogP contribution in [-0.2, 0) is 27.9 Å². The van der Waals surface area contributed by atoms with Gasteiger partial charge < -0.3 is 5.32 Å². The Balaban J connectivity index is 1.88. The fourth-order valence-electron chi connectivity index (χ4n) is 3.15. The minimum Gasteiger partial charge on any atom is -0.324 e. The van der Waals surface area contributed by atoms with E-state index in [-0.39, 0.29) is 17.1 Å². The Hall–Kier alpha value is -2.91. The second kappa shape index (κ2) is 8.22. The number of carbonyl (C=O) groups excluding carboxylic acids is 1. The number of sulfonamides is 1. The predicted octanol–water partition coefficient (Wildman–Crippen LogP) is 2.10. The fraction of sp³-hybridized carbons (Fsp3) is 0.300. The second-order valence-corrected chi connectivity index (χ2v) is 9.02. The molecular weight excluding hydrogens is 392 g/mol. The van der Waals surface area contributed by atoms with Crippen molar-refractivity contribution in [1.82, 2.24) is 13.4 Å². The molecule has 1 N–H and O–H groups in total. The number of fused-ring (bicyclic) bond motifs is 1. The first kappa shape index (κ1) is 20.8. The third-order valence-electron chi connectivity index (χ3n) is 4.57. The molecule has 0 aliphatic heterocycles. The van der Waals surface area contributed by atoms with Gasteiger partial charge in [-0.2, -0.15) is 0 Å². The Morgan fingerprint density at radius 2 is 1.69 bits per heavy atom. The van der Waals surface area contributed by atoms with Crippen molar-refractivity contribution < 1.29 is 13.2 Å². The Kier molecular flexibility index (Phi) is 5.90. The third kappa shape index (κ3) is 4.10. The van der Waals surface area contributed by atoms with Crippen LogP contribution in [0.4, 0.5) is 5.69 Å². The predicted molar refractivity (Wildman–Crippen MR) is 112 cm³/mol. The van der Waals surface area contributed by atoms with Crippen LogP contribution in [0.25, 0.3) is 11.0 Å². The lowest BCUT2D eigenvalue weighted by Gasteiger charge is -2.13. The normalized spacial score (nSPS) is 11.9. The topological polar surface area (TPSA) is 93.4 Å². The smallest absolute Gasteiger partial charge is 0.324 e. The van der Waals surface area contributed by atoms with Gasteiger partial charge in [0.2, 0.25) is 15.9 Å². The van der Waals surface area contributed by atoms with Gasteiger partial charge in [-0.15, -0.1) is 0 Å². The zero-order valence-electron chi connectivity index (χ0n) is 16.6. The van der Waals surface area contributed by atoms with Gasteiger partial charge in [0.25, 0.3) is 0 Å². The van der Waals surface area contributed by atoms with E-state index in [0.717, 1.165) is 16.2 Å². The van der Waals surface area contributed by atoms with Crippen molar-refractivity contribution >= 4 is 32.7 Å². The summed E-state index contributed by atoms with van der Waals surface area (Å²) in [4.78, 5) is 25.5. The fourth-order valence-corrected chi connectivity index (χ4v) is 4.10. The SMILES string of the molecule is CCCn1c(=O)n(CC(=O)Nc2cccc(S(=O)(=O)N(C)C)c2)c2ccccc21. The van der Waals surface area contributed by atoms with Crippen LogP contribution in [0.1, 0.15) is 13.3 Å². The van der Waals surface area contributed by atoms with Crippen molar-refractivity contribution in [3.63, 3.8) is 0 Å². The number of hydrogen-bond acceptors (Lipinski definition) is 4. The molecule has 8 nitrogen and oxygen atoms in total. The van der Waals surface area contributed by atoms with Gasteiger partial charge in [0.05, 0.1) is 15.9 Å². The molecule has 0 radical (unpaired) electrons. The molecule has 2 aromatic carbocycles. The molecular formula is C20H24N4O4S. The first-order valence-corrected chi connectivity index (χ1v) is 10.7. The van der Waals surface area contributed by atoms with Gasteiger partial charge in [0, 0.05) is 26.3 Å². The number of rotatable bonds is 7. The highest BCUT2D eigenvalue weighted by atomic mass is 32.2. The van der Waals surface area contributed by atoms with E-state index in [1.165, 1.54) is 30.8 Å². The number of aromatic nitrogens is 2. The van der Waals surface area contributed by atoms with Gasteiger partial charge in [0.1, 0.15) is 6.54 Å². The Morgan fingerprint density at radius 1 is 1.03 bits per heavy atom. The van der Waals surface area contributed by atoms with Crippen LogP contribution in [0, 0.1) is 0 Å². The number of anilines is 1. The molecule has 1 amide bonds. The molecule has 0 aliphatic carbocycles. The number of aryl methyl sites for hydroxylation is 1. The number of nitrogens with zero attached hydrogens (tertiary/aromatic N) is 3. The largest absolute Gasteiger partial charge is 0.329 e. The van der Waals surface area contributed by atoms with Crippen molar-refractivity contribution in [3.8, 4) is 0 Å². The summed E-state index contributed by atoms with van der Waals surface area (Å²) < 4.78 is 28.8. The highest BCUT2D eigenvalue weighted by molar-refractivity contribution is 7.89. The molecule has 0 spiro atoms. The average Bonchev–Trinajstić information content (AvgIpc) is 2.94. The van der Waals surface area contributed by atoms with Gasteiger partial charge in [-0.1, -0.05) is 25.1 Å². The van der Waals surface area contributed by atoms with Crippen LogP contribution < -0.4 is 11.0 Å². The lowest BCUT2D eigenvalue weighted by molar-refractivity contribution is -0.116. The molecule has 0 fully saturated rings. The highest BCUT2D eigenvalue weighted by Gasteiger charge is 2.18. The summed E-state index contributed by atoms with van der Waals surface area (Å²) in [5.41, 5.74) is 1.58. The van der Waals surface area contributed by atoms with Crippen LogP contribution in [0.5, 0.6) is 0 Å². The Labute approximate surface area is 169 Å². The summed E-state index contributed by atoms with van der Waals surface area (Å²) in [6.45, 7) is 2.39. The molecule has 0 saturated carbocycles. The van der Waals surface area contributed by atoms with Crippen LogP contribution in [-0.4, -0.2) is 41.9 Å². The Bertz CT molecular complexity index is 1210. The number of hydrogen-bond donors (Lipinski definition) is 1. The molecule has 0 aliphatic rings. The first-order valence-electron chi connectivity index (χ1n) is 9.26. The van der Waals surface area contributed by atoms with E-state index in [2.05, 4.69) is 5.32 Å². The first-order chi connectivity index (χ1) is 13.8. The van der Waals surface area contributed by atoms with E-state index >= 15 is 0 Å². The summed E-state index contributed by atoms with van der Waals surface area (Å²) in [7, 11) is -0.722. The zero-order chi connectivity index (χ0) is 21.2. The number of para-hydroxylation sites is 2. The summed E-state index contributed by atoms with van der Waals surface area (Å²) in [6.07, 6.45) is 0.799. The van der Waals surface area contributed by atoms with Gasteiger partial charge in [-0.3, -0.25) is 13.9 Å². The summed E-state index contributed by atoms with van der Waals surface area (Å²) in [6, 6.07) is 13.4. The second-order valence-electron chi connectivity index (χ2n) is 6.87. The van der Waals surface area contributed by atoms with Crippen molar-refractivity contribution in [2.24, 2.45) is 0 Å². The number of amides is 1. The minimum absolute atomic E-state index is 0.0806. The van der Waals surface area contributed by atoms with Gasteiger partial charge in [-0.05, 0) is 36.8 Å². The molecule has 0 atom stereocenters. The standard InChI is InChI=1S/C20H24N4O4S/c1-4-12-23-17-10-5-6-11-18(17)24(20(23)26)14-19(25)21-15-8-7-9-16(13-15)29(27,28)22(2)3/h5-11,13H,4,12,14H2,1-3H3,(H,21,25). The molecule has 0 saturated heterocycles. The minimum atomic E-state index is -3.61. The van der Waals surface area contributed by atoms with Crippen LogP contribution in [0.15, 0.2) is 58.2 Å². The quantitative estimate of drug-likeness (QED) is 0.638. The maximum Gasteiger partial charge on any atom is 0.329 e. The maximum absolute atomic E-state index is 12.8. The molecule has 29 heavy (non-hydrogen) atoms. The van der Waals surface area contributed by atoms with Crippen LogP contribution in [0.3, 0.4) is 0 Å². The van der Waals surface area contributed by atoms with E-state index in [4.69, 9.17) is 0 Å². The lowest BCUT2D eigenvalue weighted by atomic mass is 10.3.